The van der Waals surface area contributed by atoms with Gasteiger partial charge in [-0.05, 0) is 12.9 Å². The molecular formula is C6H8N2O2. The maximum atomic E-state index is 11.1. The Balaban J connectivity index is 2.51. The van der Waals surface area contributed by atoms with Crippen molar-refractivity contribution >= 4 is 0 Å². The number of hydrogen-bond donors (Lipinski definition) is 2. The van der Waals surface area contributed by atoms with Crippen LogP contribution in [0.3, 0.4) is 0 Å². The summed E-state index contributed by atoms with van der Waals surface area (Å²) in [6.07, 6.45) is -0.0659. The number of fused-ring (bicyclic) bond motifs is 1. The van der Waals surface area contributed by atoms with Crippen molar-refractivity contribution in [3.63, 3.8) is 0 Å². The van der Waals surface area contributed by atoms with Gasteiger partial charge in [-0.1, -0.05) is 0 Å². The maximum Gasteiger partial charge on any atom is 0.283 e. The number of aromatic amines is 1. The molecule has 2 rings (SSSR count). The van der Waals surface area contributed by atoms with E-state index in [1.807, 2.05) is 0 Å². The summed E-state index contributed by atoms with van der Waals surface area (Å²) in [5.41, 5.74) is -0.221. The molecule has 2 heterocycles. The molecule has 10 heavy (non-hydrogen) atoms. The lowest BCUT2D eigenvalue weighted by atomic mass is 10.1. The third-order valence-electron chi connectivity index (χ3n) is 1.40. The van der Waals surface area contributed by atoms with Gasteiger partial charge in [-0.2, -0.15) is 5.16 Å². The topological polar surface area (TPSA) is 58.0 Å². The van der Waals surface area contributed by atoms with E-state index in [1.165, 1.54) is 0 Å². The lowest BCUT2D eigenvalue weighted by Crippen LogP contribution is -2.25. The minimum atomic E-state index is -1.71. The second-order valence-electron chi connectivity index (χ2n) is 2.02. The largest absolute Gasteiger partial charge is 0.382 e. The van der Waals surface area contributed by atoms with Crippen molar-refractivity contribution in [2.75, 3.05) is 6.50 Å². The first-order chi connectivity index (χ1) is 5.99. The summed E-state index contributed by atoms with van der Waals surface area (Å²) in [6, 6.07) is 0. The second-order valence-corrected chi connectivity index (χ2v) is 2.02. The lowest BCUT2D eigenvalue weighted by molar-refractivity contribution is 0.362. The highest BCUT2D eigenvalue weighted by Gasteiger charge is 2.15. The zero-order chi connectivity index (χ0) is 9.64. The van der Waals surface area contributed by atoms with Gasteiger partial charge in [0.15, 0.2) is 5.76 Å². The number of aromatic nitrogens is 1. The highest BCUT2D eigenvalue weighted by molar-refractivity contribution is 5.16. The van der Waals surface area contributed by atoms with E-state index in [1.54, 1.807) is 0 Å². The van der Waals surface area contributed by atoms with Crippen molar-refractivity contribution < 1.29 is 8.64 Å². The first kappa shape index (κ1) is 3.39. The van der Waals surface area contributed by atoms with Gasteiger partial charge in [-0.3, -0.25) is 4.79 Å². The fraction of sp³-hybridized carbons (Fsp3) is 0.500. The van der Waals surface area contributed by atoms with E-state index in [9.17, 15) is 4.79 Å². The first-order valence-corrected chi connectivity index (χ1v) is 2.90. The molecule has 2 N–H and O–H groups in total. The number of hydrogen-bond acceptors (Lipinski definition) is 3. The zero-order valence-electron chi connectivity index (χ0n) is 8.10. The van der Waals surface area contributed by atoms with Crippen LogP contribution in [-0.2, 0) is 12.9 Å². The molecule has 0 amide bonds. The van der Waals surface area contributed by atoms with Gasteiger partial charge in [-0.15, -0.1) is 0 Å². The molecule has 0 radical (unpaired) electrons. The van der Waals surface area contributed by atoms with E-state index < -0.39 is 18.6 Å². The van der Waals surface area contributed by atoms with E-state index in [2.05, 4.69) is 10.5 Å². The fourth-order valence-electron chi connectivity index (χ4n) is 0.876. The van der Waals surface area contributed by atoms with E-state index in [4.69, 9.17) is 8.64 Å². The Kier molecular flexibility index (Phi) is 0.672. The molecule has 0 aromatic carbocycles. The Morgan fingerprint density at radius 3 is 3.50 bits per heavy atom. The summed E-state index contributed by atoms with van der Waals surface area (Å²) < 4.78 is 26.9. The Labute approximate surface area is 61.4 Å². The van der Waals surface area contributed by atoms with Crippen molar-refractivity contribution in [3.8, 4) is 0 Å². The summed E-state index contributed by atoms with van der Waals surface area (Å²) in [4.78, 5) is 11.1. The molecule has 0 bridgehead atoms. The predicted molar refractivity (Wildman–Crippen MR) is 34.7 cm³/mol. The second kappa shape index (κ2) is 1.98. The molecule has 1 atom stereocenters. The number of H-pyrrole nitrogens is 1. The van der Waals surface area contributed by atoms with Gasteiger partial charge in [0.05, 0.1) is 13.5 Å². The van der Waals surface area contributed by atoms with Crippen LogP contribution < -0.4 is 10.9 Å². The van der Waals surface area contributed by atoms with Crippen molar-refractivity contribution in [2.45, 2.75) is 12.9 Å². The van der Waals surface area contributed by atoms with Crippen LogP contribution in [0.5, 0.6) is 0 Å². The molecule has 0 fully saturated rings. The van der Waals surface area contributed by atoms with E-state index in [-0.39, 0.29) is 17.7 Å². The molecule has 0 saturated carbocycles. The van der Waals surface area contributed by atoms with Crippen LogP contribution in [0, 0.1) is 0 Å². The maximum absolute atomic E-state index is 11.1. The molecule has 1 aliphatic heterocycles. The average molecular weight is 143 g/mol. The summed E-state index contributed by atoms with van der Waals surface area (Å²) >= 11 is 0. The summed E-state index contributed by atoms with van der Waals surface area (Å²) in [5, 5.41) is 4.46. The van der Waals surface area contributed by atoms with E-state index in [0.717, 1.165) is 0 Å². The predicted octanol–water partition coefficient (Wildman–Crippen LogP) is -0.386. The lowest BCUT2D eigenvalue weighted by Gasteiger charge is -2.07. The Bertz CT molecular complexity index is 383. The van der Waals surface area contributed by atoms with Crippen molar-refractivity contribution in [1.82, 2.24) is 10.5 Å². The summed E-state index contributed by atoms with van der Waals surface area (Å²) in [6.45, 7) is -2.73. The van der Waals surface area contributed by atoms with E-state index >= 15 is 0 Å². The van der Waals surface area contributed by atoms with Crippen LogP contribution in [0.2, 0.25) is 0 Å². The summed E-state index contributed by atoms with van der Waals surface area (Å²) in [5.74, 6) is 0.181. The zero-order valence-corrected chi connectivity index (χ0v) is 5.10. The molecule has 0 saturated heterocycles. The highest BCUT2D eigenvalue weighted by Crippen LogP contribution is 2.06. The molecule has 1 aromatic rings. The van der Waals surface area contributed by atoms with Gasteiger partial charge in [0, 0.05) is 2.74 Å². The van der Waals surface area contributed by atoms with Crippen LogP contribution in [0.25, 0.3) is 0 Å². The van der Waals surface area contributed by atoms with Crippen molar-refractivity contribution in [1.29, 1.82) is 0 Å². The first-order valence-electron chi connectivity index (χ1n) is 4.47. The number of rotatable bonds is 0. The highest BCUT2D eigenvalue weighted by atomic mass is 16.5. The van der Waals surface area contributed by atoms with Crippen molar-refractivity contribution in [2.24, 2.45) is 0 Å². The van der Waals surface area contributed by atoms with Gasteiger partial charge in [-0.25, -0.2) is 0 Å². The molecule has 0 aliphatic carbocycles. The minimum absolute atomic E-state index is 0.0659. The smallest absolute Gasteiger partial charge is 0.283 e. The molecule has 4 nitrogen and oxygen atoms in total. The van der Waals surface area contributed by atoms with Crippen LogP contribution in [-0.4, -0.2) is 11.7 Å². The standard InChI is InChI=1S/C6H8N2O2/c9-6-4-1-2-7-3-5(4)10-8-6/h7H,1-3H2,(H,8,9)/i2D2,3D. The van der Waals surface area contributed by atoms with Crippen molar-refractivity contribution in [3.05, 3.63) is 21.7 Å². The minimum Gasteiger partial charge on any atom is -0.382 e. The van der Waals surface area contributed by atoms with Gasteiger partial charge >= 0.3 is 0 Å². The Morgan fingerprint density at radius 1 is 1.70 bits per heavy atom. The van der Waals surface area contributed by atoms with Gasteiger partial charge in [0.1, 0.15) is 0 Å². The molecule has 54 valence electrons. The Morgan fingerprint density at radius 2 is 2.60 bits per heavy atom. The molecule has 1 unspecified atom stereocenters. The van der Waals surface area contributed by atoms with Gasteiger partial charge in [0.25, 0.3) is 5.56 Å². The molecule has 0 spiro atoms. The van der Waals surface area contributed by atoms with Gasteiger partial charge in [0.2, 0.25) is 0 Å². The SMILES string of the molecule is [2H]C1NC([2H])([2H])Cc2c1o[nH]c2=O. The fourth-order valence-corrected chi connectivity index (χ4v) is 0.876. The van der Waals surface area contributed by atoms with Crippen LogP contribution in [0.4, 0.5) is 0 Å². The molecule has 4 heteroatoms. The average Bonchev–Trinajstić information content (AvgIpc) is 2.30. The molecule has 1 aliphatic rings. The third-order valence-corrected chi connectivity index (χ3v) is 1.40. The molecular weight excluding hydrogens is 132 g/mol. The third kappa shape index (κ3) is 0.690. The van der Waals surface area contributed by atoms with E-state index in [0.29, 0.717) is 0 Å². The molecule has 1 aromatic heterocycles. The van der Waals surface area contributed by atoms with Crippen LogP contribution >= 0.6 is 0 Å². The van der Waals surface area contributed by atoms with Gasteiger partial charge < -0.3 is 9.84 Å². The van der Waals surface area contributed by atoms with Crippen LogP contribution in [0.1, 0.15) is 15.4 Å². The van der Waals surface area contributed by atoms with Crippen LogP contribution in [0.15, 0.2) is 9.32 Å². The number of nitrogens with one attached hydrogen (secondary N) is 2. The normalized spacial score (nSPS) is 33.6. The quantitative estimate of drug-likeness (QED) is 0.520. The Hall–Kier alpha value is -1.03. The summed E-state index contributed by atoms with van der Waals surface area (Å²) in [7, 11) is 0. The monoisotopic (exact) mass is 143 g/mol.